The molecule has 0 saturated carbocycles. The number of hydrogen-bond acceptors (Lipinski definition) is 1. The Kier molecular flexibility index (Phi) is 5.60. The van der Waals surface area contributed by atoms with Crippen LogP contribution in [0.5, 0.6) is 0 Å². The monoisotopic (exact) mass is 301 g/mol. The zero-order valence-corrected chi connectivity index (χ0v) is 12.5. The number of nitrogens with one attached hydrogen (secondary N) is 1. The molecule has 17 heavy (non-hydrogen) atoms. The van der Waals surface area contributed by atoms with Crippen molar-refractivity contribution in [2.24, 2.45) is 5.92 Å². The summed E-state index contributed by atoms with van der Waals surface area (Å²) < 4.78 is 14.6. The Bertz CT molecular complexity index is 365. The fourth-order valence-electron chi connectivity index (χ4n) is 1.91. The summed E-state index contributed by atoms with van der Waals surface area (Å²) in [6.45, 7) is 8.56. The molecular weight excluding hydrogens is 281 g/mol. The van der Waals surface area contributed by atoms with Gasteiger partial charge >= 0.3 is 0 Å². The van der Waals surface area contributed by atoms with E-state index in [4.69, 9.17) is 0 Å². The molecule has 0 bridgehead atoms. The highest BCUT2D eigenvalue weighted by molar-refractivity contribution is 9.10. The van der Waals surface area contributed by atoms with Crippen LogP contribution in [-0.4, -0.2) is 12.1 Å². The van der Waals surface area contributed by atoms with Crippen LogP contribution in [0.25, 0.3) is 0 Å². The average molecular weight is 302 g/mol. The molecule has 0 amide bonds. The molecular formula is C14H21BrFN. The smallest absolute Gasteiger partial charge is 0.126 e. The van der Waals surface area contributed by atoms with E-state index in [9.17, 15) is 4.39 Å². The Morgan fingerprint density at radius 3 is 2.47 bits per heavy atom. The average Bonchev–Trinajstić information content (AvgIpc) is 2.22. The topological polar surface area (TPSA) is 12.0 Å². The predicted molar refractivity (Wildman–Crippen MR) is 74.7 cm³/mol. The normalized spacial score (nSPS) is 15.0. The van der Waals surface area contributed by atoms with Crippen LogP contribution in [0, 0.1) is 11.7 Å². The van der Waals surface area contributed by atoms with Crippen molar-refractivity contribution in [2.45, 2.75) is 46.2 Å². The van der Waals surface area contributed by atoms with E-state index in [-0.39, 0.29) is 5.82 Å². The van der Waals surface area contributed by atoms with E-state index in [0.29, 0.717) is 18.0 Å². The molecule has 0 heterocycles. The predicted octanol–water partition coefficient (Wildman–Crippen LogP) is 4.15. The van der Waals surface area contributed by atoms with Gasteiger partial charge in [0.1, 0.15) is 5.82 Å². The second-order valence-electron chi connectivity index (χ2n) is 5.03. The van der Waals surface area contributed by atoms with Crippen LogP contribution in [0.1, 0.15) is 33.3 Å². The maximum Gasteiger partial charge on any atom is 0.126 e. The van der Waals surface area contributed by atoms with Crippen molar-refractivity contribution < 1.29 is 4.39 Å². The van der Waals surface area contributed by atoms with Crippen LogP contribution in [0.3, 0.4) is 0 Å². The Morgan fingerprint density at radius 2 is 1.88 bits per heavy atom. The summed E-state index contributed by atoms with van der Waals surface area (Å²) in [5.41, 5.74) is 0.782. The van der Waals surface area contributed by atoms with E-state index in [2.05, 4.69) is 48.9 Å². The first-order chi connectivity index (χ1) is 7.90. The van der Waals surface area contributed by atoms with E-state index in [1.165, 1.54) is 6.07 Å². The highest BCUT2D eigenvalue weighted by atomic mass is 79.9. The van der Waals surface area contributed by atoms with Crippen molar-refractivity contribution in [3.63, 3.8) is 0 Å². The van der Waals surface area contributed by atoms with E-state index < -0.39 is 0 Å². The third-order valence-electron chi connectivity index (χ3n) is 3.00. The lowest BCUT2D eigenvalue weighted by atomic mass is 9.94. The molecule has 1 aromatic rings. The lowest BCUT2D eigenvalue weighted by Gasteiger charge is -2.23. The number of halogens is 2. The summed E-state index contributed by atoms with van der Waals surface area (Å²) in [5.74, 6) is 0.290. The van der Waals surface area contributed by atoms with Crippen molar-refractivity contribution in [3.05, 3.63) is 34.1 Å². The molecule has 0 saturated heterocycles. The highest BCUT2D eigenvalue weighted by Crippen LogP contribution is 2.20. The maximum atomic E-state index is 13.6. The molecule has 0 aliphatic carbocycles. The molecule has 1 N–H and O–H groups in total. The third-order valence-corrected chi connectivity index (χ3v) is 3.49. The lowest BCUT2D eigenvalue weighted by molar-refractivity contribution is 0.368. The zero-order valence-electron chi connectivity index (χ0n) is 10.9. The van der Waals surface area contributed by atoms with E-state index >= 15 is 0 Å². The van der Waals surface area contributed by atoms with Crippen molar-refractivity contribution in [1.29, 1.82) is 0 Å². The van der Waals surface area contributed by atoms with Crippen LogP contribution in [-0.2, 0) is 6.42 Å². The van der Waals surface area contributed by atoms with Crippen LogP contribution in [0.2, 0.25) is 0 Å². The first kappa shape index (κ1) is 14.7. The van der Waals surface area contributed by atoms with Crippen molar-refractivity contribution in [1.82, 2.24) is 5.32 Å². The molecule has 2 unspecified atom stereocenters. The Labute approximate surface area is 112 Å². The summed E-state index contributed by atoms with van der Waals surface area (Å²) in [6.07, 6.45) is 0.756. The van der Waals surface area contributed by atoms with Gasteiger partial charge in [-0.2, -0.15) is 0 Å². The molecule has 1 aromatic carbocycles. The minimum absolute atomic E-state index is 0.114. The summed E-state index contributed by atoms with van der Waals surface area (Å²) in [6, 6.07) is 5.97. The number of rotatable bonds is 5. The molecule has 96 valence electrons. The van der Waals surface area contributed by atoms with Gasteiger partial charge in [-0.3, -0.25) is 0 Å². The van der Waals surface area contributed by atoms with E-state index in [1.807, 2.05) is 6.07 Å². The molecule has 0 radical (unpaired) electrons. The van der Waals surface area contributed by atoms with Gasteiger partial charge in [-0.05, 0) is 43.0 Å². The van der Waals surface area contributed by atoms with Gasteiger partial charge in [0, 0.05) is 16.6 Å². The SMILES string of the molecule is CC(C)NC(C)C(C)Cc1cc(Br)ccc1F. The molecule has 0 fully saturated rings. The second kappa shape index (κ2) is 6.50. The standard InChI is InChI=1S/C14H21BrFN/c1-9(2)17-11(4)10(3)7-12-8-13(15)5-6-14(12)16/h5-6,8-11,17H,7H2,1-4H3. The van der Waals surface area contributed by atoms with Gasteiger partial charge in [-0.25, -0.2) is 4.39 Å². The Morgan fingerprint density at radius 1 is 1.24 bits per heavy atom. The summed E-state index contributed by atoms with van der Waals surface area (Å²) in [4.78, 5) is 0. The minimum atomic E-state index is -0.114. The zero-order chi connectivity index (χ0) is 13.0. The molecule has 2 atom stereocenters. The lowest BCUT2D eigenvalue weighted by Crippen LogP contribution is -2.37. The molecule has 0 spiro atoms. The third kappa shape index (κ3) is 4.76. The van der Waals surface area contributed by atoms with Crippen LogP contribution >= 0.6 is 15.9 Å². The van der Waals surface area contributed by atoms with Gasteiger partial charge in [0.15, 0.2) is 0 Å². The van der Waals surface area contributed by atoms with Gasteiger partial charge < -0.3 is 5.32 Å². The van der Waals surface area contributed by atoms with Crippen LogP contribution in [0.15, 0.2) is 22.7 Å². The van der Waals surface area contributed by atoms with Crippen LogP contribution < -0.4 is 5.32 Å². The second-order valence-corrected chi connectivity index (χ2v) is 5.94. The van der Waals surface area contributed by atoms with Gasteiger partial charge in [0.2, 0.25) is 0 Å². The maximum absolute atomic E-state index is 13.6. The Hall–Kier alpha value is -0.410. The van der Waals surface area contributed by atoms with Crippen LogP contribution in [0.4, 0.5) is 4.39 Å². The minimum Gasteiger partial charge on any atom is -0.312 e. The molecule has 3 heteroatoms. The fraction of sp³-hybridized carbons (Fsp3) is 0.571. The van der Waals surface area contributed by atoms with Crippen molar-refractivity contribution in [3.8, 4) is 0 Å². The van der Waals surface area contributed by atoms with Crippen molar-refractivity contribution >= 4 is 15.9 Å². The van der Waals surface area contributed by atoms with Gasteiger partial charge in [0.25, 0.3) is 0 Å². The molecule has 1 rings (SSSR count). The fourth-order valence-corrected chi connectivity index (χ4v) is 2.32. The van der Waals surface area contributed by atoms with Gasteiger partial charge in [-0.1, -0.05) is 36.7 Å². The quantitative estimate of drug-likeness (QED) is 0.861. The molecule has 0 aromatic heterocycles. The Balaban J connectivity index is 2.67. The summed E-state index contributed by atoms with van der Waals surface area (Å²) in [5, 5.41) is 3.46. The largest absolute Gasteiger partial charge is 0.312 e. The van der Waals surface area contributed by atoms with E-state index in [0.717, 1.165) is 16.5 Å². The molecule has 0 aliphatic rings. The number of hydrogen-bond donors (Lipinski definition) is 1. The van der Waals surface area contributed by atoms with E-state index in [1.54, 1.807) is 6.07 Å². The van der Waals surface area contributed by atoms with Gasteiger partial charge in [0.05, 0.1) is 0 Å². The number of benzene rings is 1. The molecule has 0 aliphatic heterocycles. The van der Waals surface area contributed by atoms with Crippen molar-refractivity contribution in [2.75, 3.05) is 0 Å². The highest BCUT2D eigenvalue weighted by Gasteiger charge is 2.15. The summed E-state index contributed by atoms with van der Waals surface area (Å²) >= 11 is 3.38. The first-order valence-corrected chi connectivity index (χ1v) is 6.89. The van der Waals surface area contributed by atoms with Gasteiger partial charge in [-0.15, -0.1) is 0 Å². The first-order valence-electron chi connectivity index (χ1n) is 6.10. The summed E-state index contributed by atoms with van der Waals surface area (Å²) in [7, 11) is 0. The molecule has 1 nitrogen and oxygen atoms in total.